The highest BCUT2D eigenvalue weighted by Crippen LogP contribution is 2.20. The Kier molecular flexibility index (Phi) is 8.06. The number of ether oxygens (including phenoxy) is 1. The minimum atomic E-state index is -0.143. The second kappa shape index (κ2) is 10.7. The molecular weight excluding hydrogens is 420 g/mol. The number of carbonyl (C=O) groups excluding carboxylic acids is 2. The Bertz CT molecular complexity index is 890. The van der Waals surface area contributed by atoms with Gasteiger partial charge >= 0.3 is 5.97 Å². The van der Waals surface area contributed by atoms with Crippen molar-refractivity contribution in [2.45, 2.75) is 51.9 Å². The molecule has 4 heterocycles. The second-order valence-corrected chi connectivity index (χ2v) is 8.03. The third kappa shape index (κ3) is 5.44. The highest BCUT2D eigenvalue weighted by atomic mass is 35.5. The number of piperidine rings is 2. The second-order valence-electron chi connectivity index (χ2n) is 8.03. The third-order valence-electron chi connectivity index (χ3n) is 6.02. The number of amides is 1. The maximum absolute atomic E-state index is 12.7. The van der Waals surface area contributed by atoms with E-state index in [0.717, 1.165) is 18.9 Å². The fourth-order valence-corrected chi connectivity index (χ4v) is 4.27. The molecule has 2 fully saturated rings. The van der Waals surface area contributed by atoms with Gasteiger partial charge in [-0.3, -0.25) is 9.59 Å². The van der Waals surface area contributed by atoms with Crippen LogP contribution in [-0.4, -0.2) is 69.4 Å². The van der Waals surface area contributed by atoms with E-state index < -0.39 is 0 Å². The maximum atomic E-state index is 12.7. The van der Waals surface area contributed by atoms with Crippen LogP contribution in [0.2, 0.25) is 0 Å². The zero-order valence-electron chi connectivity index (χ0n) is 18.0. The summed E-state index contributed by atoms with van der Waals surface area (Å²) in [6, 6.07) is 3.94. The Morgan fingerprint density at radius 1 is 1.06 bits per heavy atom. The first-order chi connectivity index (χ1) is 14.7. The average molecular weight is 451 g/mol. The number of carbonyl (C=O) groups is 2. The zero-order valence-corrected chi connectivity index (χ0v) is 18.9. The molecule has 0 saturated carbocycles. The SMILES string of the molecule is CCOC(=O)C1CCN(C(=O)CCc2nnc3ccc(N4CCCCC4)nn23)CC1.Cl. The van der Waals surface area contributed by atoms with E-state index in [1.807, 2.05) is 24.0 Å². The number of hydrogen-bond donors (Lipinski definition) is 0. The Balaban J connectivity index is 0.00000272. The molecule has 2 aliphatic rings. The zero-order chi connectivity index (χ0) is 20.9. The van der Waals surface area contributed by atoms with Crippen LogP contribution in [0, 0.1) is 5.92 Å². The van der Waals surface area contributed by atoms with E-state index in [-0.39, 0.29) is 30.2 Å². The van der Waals surface area contributed by atoms with Gasteiger partial charge in [-0.05, 0) is 51.2 Å². The molecule has 2 aromatic rings. The molecule has 0 atom stereocenters. The Hall–Kier alpha value is -2.42. The van der Waals surface area contributed by atoms with Gasteiger partial charge in [0.15, 0.2) is 11.5 Å². The molecule has 0 bridgehead atoms. The number of aromatic nitrogens is 4. The van der Waals surface area contributed by atoms with Gasteiger partial charge in [-0.15, -0.1) is 27.7 Å². The summed E-state index contributed by atoms with van der Waals surface area (Å²) in [5.41, 5.74) is 0.702. The van der Waals surface area contributed by atoms with Crippen molar-refractivity contribution in [3.8, 4) is 0 Å². The number of hydrogen-bond acceptors (Lipinski definition) is 7. The number of anilines is 1. The van der Waals surface area contributed by atoms with Crippen LogP contribution in [0.15, 0.2) is 12.1 Å². The predicted molar refractivity (Wildman–Crippen MR) is 118 cm³/mol. The van der Waals surface area contributed by atoms with Crippen LogP contribution < -0.4 is 4.90 Å². The Morgan fingerprint density at radius 2 is 1.81 bits per heavy atom. The van der Waals surface area contributed by atoms with Gasteiger partial charge in [-0.2, -0.15) is 4.52 Å². The number of aryl methyl sites for hydroxylation is 1. The van der Waals surface area contributed by atoms with Crippen LogP contribution in [0.25, 0.3) is 5.65 Å². The molecule has 2 aromatic heterocycles. The van der Waals surface area contributed by atoms with Gasteiger partial charge in [0.05, 0.1) is 12.5 Å². The first-order valence-corrected chi connectivity index (χ1v) is 11.1. The largest absolute Gasteiger partial charge is 0.466 e. The molecule has 0 unspecified atom stereocenters. The molecule has 0 aromatic carbocycles. The average Bonchev–Trinajstić information content (AvgIpc) is 3.20. The summed E-state index contributed by atoms with van der Waals surface area (Å²) in [7, 11) is 0. The normalized spacial score (nSPS) is 17.5. The lowest BCUT2D eigenvalue weighted by Crippen LogP contribution is -2.40. The summed E-state index contributed by atoms with van der Waals surface area (Å²) in [6.45, 7) is 5.46. The molecule has 0 aliphatic carbocycles. The first kappa shape index (κ1) is 23.2. The molecule has 10 heteroatoms. The summed E-state index contributed by atoms with van der Waals surface area (Å²) in [6.07, 6.45) is 5.84. The van der Waals surface area contributed by atoms with Crippen LogP contribution >= 0.6 is 12.4 Å². The number of fused-ring (bicyclic) bond motifs is 1. The van der Waals surface area contributed by atoms with Crippen LogP contribution in [0.1, 0.15) is 51.3 Å². The molecule has 9 nitrogen and oxygen atoms in total. The van der Waals surface area contributed by atoms with Crippen molar-refractivity contribution < 1.29 is 14.3 Å². The minimum absolute atomic E-state index is 0. The van der Waals surface area contributed by atoms with Gasteiger partial charge in [-0.25, -0.2) is 0 Å². The molecule has 31 heavy (non-hydrogen) atoms. The number of halogens is 1. The van der Waals surface area contributed by atoms with E-state index in [0.29, 0.717) is 56.9 Å². The molecule has 1 amide bonds. The summed E-state index contributed by atoms with van der Waals surface area (Å²) in [4.78, 5) is 28.7. The van der Waals surface area contributed by atoms with Crippen molar-refractivity contribution in [1.82, 2.24) is 24.7 Å². The Labute approximate surface area is 188 Å². The lowest BCUT2D eigenvalue weighted by atomic mass is 9.96. The van der Waals surface area contributed by atoms with Crippen LogP contribution in [-0.2, 0) is 20.7 Å². The van der Waals surface area contributed by atoms with Gasteiger partial charge < -0.3 is 14.5 Å². The topological polar surface area (TPSA) is 92.9 Å². The minimum Gasteiger partial charge on any atom is -0.466 e. The molecule has 0 spiro atoms. The van der Waals surface area contributed by atoms with E-state index in [9.17, 15) is 9.59 Å². The molecule has 2 aliphatic heterocycles. The summed E-state index contributed by atoms with van der Waals surface area (Å²) in [5.74, 6) is 1.50. The maximum Gasteiger partial charge on any atom is 0.309 e. The number of esters is 1. The summed E-state index contributed by atoms with van der Waals surface area (Å²) >= 11 is 0. The number of rotatable bonds is 6. The lowest BCUT2D eigenvalue weighted by molar-refractivity contribution is -0.151. The van der Waals surface area contributed by atoms with E-state index >= 15 is 0 Å². The lowest BCUT2D eigenvalue weighted by Gasteiger charge is -2.30. The third-order valence-corrected chi connectivity index (χ3v) is 6.02. The molecule has 0 N–H and O–H groups in total. The van der Waals surface area contributed by atoms with E-state index in [1.54, 1.807) is 4.52 Å². The fraction of sp³-hybridized carbons (Fsp3) is 0.667. The number of nitrogens with zero attached hydrogens (tertiary/aromatic N) is 6. The van der Waals surface area contributed by atoms with Crippen molar-refractivity contribution in [2.75, 3.05) is 37.7 Å². The first-order valence-electron chi connectivity index (χ1n) is 11.1. The summed E-state index contributed by atoms with van der Waals surface area (Å²) in [5, 5.41) is 13.2. The summed E-state index contributed by atoms with van der Waals surface area (Å²) < 4.78 is 6.87. The van der Waals surface area contributed by atoms with Crippen LogP contribution in [0.5, 0.6) is 0 Å². The fourth-order valence-electron chi connectivity index (χ4n) is 4.27. The molecule has 170 valence electrons. The van der Waals surface area contributed by atoms with Crippen molar-refractivity contribution in [3.05, 3.63) is 18.0 Å². The highest BCUT2D eigenvalue weighted by Gasteiger charge is 2.28. The van der Waals surface area contributed by atoms with Gasteiger partial charge in [0.25, 0.3) is 0 Å². The monoisotopic (exact) mass is 450 g/mol. The van der Waals surface area contributed by atoms with Crippen molar-refractivity contribution in [3.63, 3.8) is 0 Å². The van der Waals surface area contributed by atoms with Crippen LogP contribution in [0.3, 0.4) is 0 Å². The molecule has 2 saturated heterocycles. The number of likely N-dealkylation sites (tertiary alicyclic amines) is 1. The van der Waals surface area contributed by atoms with E-state index in [2.05, 4.69) is 15.1 Å². The van der Waals surface area contributed by atoms with Gasteiger partial charge in [0.2, 0.25) is 5.91 Å². The molecular formula is C21H31ClN6O3. The van der Waals surface area contributed by atoms with Crippen molar-refractivity contribution >= 4 is 35.7 Å². The highest BCUT2D eigenvalue weighted by molar-refractivity contribution is 5.85. The predicted octanol–water partition coefficient (Wildman–Crippen LogP) is 2.27. The smallest absolute Gasteiger partial charge is 0.309 e. The van der Waals surface area contributed by atoms with E-state index in [1.165, 1.54) is 19.3 Å². The molecule has 4 rings (SSSR count). The van der Waals surface area contributed by atoms with Gasteiger partial charge in [0, 0.05) is 39.0 Å². The quantitative estimate of drug-likeness (QED) is 0.623. The van der Waals surface area contributed by atoms with Crippen molar-refractivity contribution in [1.29, 1.82) is 0 Å². The van der Waals surface area contributed by atoms with Gasteiger partial charge in [0.1, 0.15) is 5.82 Å². The van der Waals surface area contributed by atoms with Crippen molar-refractivity contribution in [2.24, 2.45) is 5.92 Å². The standard InChI is InChI=1S/C21H30N6O3.ClH/c1-2-30-21(29)16-10-14-26(15-11-16)20(28)9-8-18-23-22-17-6-7-19(24-27(17)18)25-12-4-3-5-13-25;/h6-7,16H,2-5,8-15H2,1H3;1H. The van der Waals surface area contributed by atoms with Crippen LogP contribution in [0.4, 0.5) is 5.82 Å². The van der Waals surface area contributed by atoms with E-state index in [4.69, 9.17) is 9.84 Å². The Morgan fingerprint density at radius 3 is 2.52 bits per heavy atom. The van der Waals surface area contributed by atoms with Gasteiger partial charge in [-0.1, -0.05) is 0 Å². The molecule has 0 radical (unpaired) electrons.